The van der Waals surface area contributed by atoms with Crippen LogP contribution in [0.1, 0.15) is 83.4 Å². The molecule has 0 fully saturated rings. The predicted octanol–water partition coefficient (Wildman–Crippen LogP) is 6.48. The molecule has 0 saturated carbocycles. The quantitative estimate of drug-likeness (QED) is 0.632. The van der Waals surface area contributed by atoms with Crippen LogP contribution in [-0.4, -0.2) is 4.98 Å². The lowest BCUT2D eigenvalue weighted by Gasteiger charge is -2.22. The molecule has 1 aromatic heterocycles. The number of nitrogens with zero attached hydrogens (tertiary/aromatic N) is 1. The molecule has 21 heavy (non-hydrogen) atoms. The van der Waals surface area contributed by atoms with Crippen LogP contribution in [0.2, 0.25) is 0 Å². The highest BCUT2D eigenvalue weighted by molar-refractivity contribution is 7.18. The number of hydrogen-bond donors (Lipinski definition) is 0. The highest BCUT2D eigenvalue weighted by Gasteiger charge is 2.24. The normalized spacial score (nSPS) is 14.4. The third-order valence-corrected chi connectivity index (χ3v) is 5.77. The van der Waals surface area contributed by atoms with Gasteiger partial charge < -0.3 is 0 Å². The van der Waals surface area contributed by atoms with Crippen molar-refractivity contribution in [1.29, 1.82) is 0 Å². The van der Waals surface area contributed by atoms with Crippen molar-refractivity contribution in [2.45, 2.75) is 72.6 Å². The number of aromatic nitrogens is 1. The van der Waals surface area contributed by atoms with Crippen molar-refractivity contribution in [3.05, 3.63) is 28.3 Å². The molecule has 0 bridgehead atoms. The average Bonchev–Trinajstić information content (AvgIpc) is 2.79. The Hall–Kier alpha value is -0.890. The zero-order chi connectivity index (χ0) is 15.9. The minimum Gasteiger partial charge on any atom is -0.241 e. The Morgan fingerprint density at radius 1 is 1.00 bits per heavy atom. The smallest absolute Gasteiger partial charge is 0.0964 e. The molecule has 1 aromatic carbocycles. The fraction of sp³-hybridized carbons (Fsp3) is 0.632. The Labute approximate surface area is 133 Å². The first-order valence-electron chi connectivity index (χ1n) is 8.06. The Bertz CT molecular complexity index is 629. The fourth-order valence-corrected chi connectivity index (χ4v) is 3.93. The van der Waals surface area contributed by atoms with Crippen molar-refractivity contribution in [1.82, 2.24) is 4.98 Å². The molecule has 2 heteroatoms. The van der Waals surface area contributed by atoms with Crippen LogP contribution in [-0.2, 0) is 5.41 Å². The standard InChI is InChI=1S/C19H29NS/c1-11(2)13(5)14-9-10-15(19(6,7)8)17-16(14)20-18(21-17)12(3)4/h9-13H,1-8H3. The van der Waals surface area contributed by atoms with Gasteiger partial charge in [0.15, 0.2) is 0 Å². The lowest BCUT2D eigenvalue weighted by atomic mass is 9.83. The lowest BCUT2D eigenvalue weighted by Crippen LogP contribution is -2.12. The molecular formula is C19H29NS. The molecule has 1 atom stereocenters. The first kappa shape index (κ1) is 16.5. The van der Waals surface area contributed by atoms with Crippen LogP contribution in [0.25, 0.3) is 10.2 Å². The van der Waals surface area contributed by atoms with Crippen LogP contribution in [0.15, 0.2) is 12.1 Å². The van der Waals surface area contributed by atoms with Crippen LogP contribution in [0.4, 0.5) is 0 Å². The van der Waals surface area contributed by atoms with E-state index in [0.717, 1.165) is 0 Å². The summed E-state index contributed by atoms with van der Waals surface area (Å²) in [6, 6.07) is 4.65. The van der Waals surface area contributed by atoms with Gasteiger partial charge >= 0.3 is 0 Å². The first-order valence-corrected chi connectivity index (χ1v) is 8.88. The summed E-state index contributed by atoms with van der Waals surface area (Å²) in [6.07, 6.45) is 0. The number of rotatable bonds is 3. The van der Waals surface area contributed by atoms with Gasteiger partial charge in [-0.2, -0.15) is 0 Å². The van der Waals surface area contributed by atoms with Crippen molar-refractivity contribution in [2.75, 3.05) is 0 Å². The number of hydrogen-bond acceptors (Lipinski definition) is 2. The SMILES string of the molecule is CC(C)c1nc2c(C(C)C(C)C)ccc(C(C)(C)C)c2s1. The second-order valence-electron chi connectivity index (χ2n) is 7.87. The Balaban J connectivity index is 2.75. The molecule has 0 spiro atoms. The van der Waals surface area contributed by atoms with E-state index in [2.05, 4.69) is 67.5 Å². The van der Waals surface area contributed by atoms with Crippen LogP contribution in [0, 0.1) is 5.92 Å². The van der Waals surface area contributed by atoms with Gasteiger partial charge in [0.1, 0.15) is 0 Å². The third kappa shape index (κ3) is 3.15. The molecular weight excluding hydrogens is 274 g/mol. The van der Waals surface area contributed by atoms with Gasteiger partial charge in [-0.05, 0) is 28.4 Å². The molecule has 0 aliphatic rings. The van der Waals surface area contributed by atoms with E-state index in [9.17, 15) is 0 Å². The molecule has 0 N–H and O–H groups in total. The van der Waals surface area contributed by atoms with Gasteiger partial charge in [0, 0.05) is 5.92 Å². The molecule has 1 nitrogen and oxygen atoms in total. The van der Waals surface area contributed by atoms with E-state index in [4.69, 9.17) is 4.98 Å². The molecule has 0 radical (unpaired) electrons. The van der Waals surface area contributed by atoms with E-state index >= 15 is 0 Å². The highest BCUT2D eigenvalue weighted by atomic mass is 32.1. The zero-order valence-corrected chi connectivity index (χ0v) is 15.6. The van der Waals surface area contributed by atoms with Crippen LogP contribution in [0.5, 0.6) is 0 Å². The van der Waals surface area contributed by atoms with Crippen molar-refractivity contribution in [3.8, 4) is 0 Å². The monoisotopic (exact) mass is 303 g/mol. The Morgan fingerprint density at radius 2 is 1.62 bits per heavy atom. The molecule has 116 valence electrons. The van der Waals surface area contributed by atoms with Gasteiger partial charge in [-0.15, -0.1) is 11.3 Å². The molecule has 1 heterocycles. The maximum atomic E-state index is 5.01. The highest BCUT2D eigenvalue weighted by Crippen LogP contribution is 2.40. The van der Waals surface area contributed by atoms with Crippen LogP contribution in [0.3, 0.4) is 0 Å². The predicted molar refractivity (Wildman–Crippen MR) is 95.7 cm³/mol. The lowest BCUT2D eigenvalue weighted by molar-refractivity contribution is 0.536. The maximum absolute atomic E-state index is 5.01. The van der Waals surface area contributed by atoms with Crippen molar-refractivity contribution >= 4 is 21.6 Å². The zero-order valence-electron chi connectivity index (χ0n) is 14.7. The number of benzene rings is 1. The van der Waals surface area contributed by atoms with Crippen molar-refractivity contribution in [2.24, 2.45) is 5.92 Å². The van der Waals surface area contributed by atoms with Gasteiger partial charge in [-0.3, -0.25) is 0 Å². The van der Waals surface area contributed by atoms with Crippen molar-refractivity contribution in [3.63, 3.8) is 0 Å². The topological polar surface area (TPSA) is 12.9 Å². The summed E-state index contributed by atoms with van der Waals surface area (Å²) >= 11 is 1.89. The maximum Gasteiger partial charge on any atom is 0.0964 e. The Morgan fingerprint density at radius 3 is 2.10 bits per heavy atom. The fourth-order valence-electron chi connectivity index (χ4n) is 2.61. The van der Waals surface area contributed by atoms with Gasteiger partial charge in [-0.1, -0.05) is 67.5 Å². The molecule has 0 amide bonds. The van der Waals surface area contributed by atoms with Crippen LogP contribution < -0.4 is 0 Å². The number of thiazole rings is 1. The van der Waals surface area contributed by atoms with E-state index in [0.29, 0.717) is 17.8 Å². The largest absolute Gasteiger partial charge is 0.241 e. The summed E-state index contributed by atoms with van der Waals surface area (Å²) in [7, 11) is 0. The molecule has 0 aliphatic heterocycles. The van der Waals surface area contributed by atoms with Gasteiger partial charge in [0.25, 0.3) is 0 Å². The summed E-state index contributed by atoms with van der Waals surface area (Å²) in [4.78, 5) is 5.01. The third-order valence-electron chi connectivity index (χ3n) is 4.38. The summed E-state index contributed by atoms with van der Waals surface area (Å²) < 4.78 is 1.40. The second kappa shape index (κ2) is 5.72. The summed E-state index contributed by atoms with van der Waals surface area (Å²) in [5.41, 5.74) is 4.26. The van der Waals surface area contributed by atoms with E-state index in [1.54, 1.807) is 0 Å². The van der Waals surface area contributed by atoms with E-state index in [1.165, 1.54) is 26.4 Å². The van der Waals surface area contributed by atoms with E-state index in [-0.39, 0.29) is 5.41 Å². The van der Waals surface area contributed by atoms with Gasteiger partial charge in [0.05, 0.1) is 15.2 Å². The van der Waals surface area contributed by atoms with Crippen LogP contribution >= 0.6 is 11.3 Å². The minimum atomic E-state index is 0.165. The molecule has 2 aromatic rings. The summed E-state index contributed by atoms with van der Waals surface area (Å²) in [5.74, 6) is 1.68. The molecule has 0 aliphatic carbocycles. The Kier molecular flexibility index (Phi) is 4.49. The average molecular weight is 304 g/mol. The summed E-state index contributed by atoms with van der Waals surface area (Å²) in [6.45, 7) is 18.3. The van der Waals surface area contributed by atoms with Gasteiger partial charge in [0.2, 0.25) is 0 Å². The van der Waals surface area contributed by atoms with Crippen molar-refractivity contribution < 1.29 is 0 Å². The van der Waals surface area contributed by atoms with E-state index < -0.39 is 0 Å². The minimum absolute atomic E-state index is 0.165. The second-order valence-corrected chi connectivity index (χ2v) is 8.90. The molecule has 1 unspecified atom stereocenters. The summed E-state index contributed by atoms with van der Waals surface area (Å²) in [5, 5.41) is 1.26. The van der Waals surface area contributed by atoms with Gasteiger partial charge in [-0.25, -0.2) is 4.98 Å². The van der Waals surface area contributed by atoms with E-state index in [1.807, 2.05) is 11.3 Å². The first-order chi connectivity index (χ1) is 9.62. The number of fused-ring (bicyclic) bond motifs is 1. The molecule has 2 rings (SSSR count). The molecule has 0 saturated heterocycles.